The maximum atomic E-state index is 12.7. The zero-order valence-corrected chi connectivity index (χ0v) is 19.1. The van der Waals surface area contributed by atoms with Crippen LogP contribution >= 0.6 is 0 Å². The van der Waals surface area contributed by atoms with Gasteiger partial charge in [-0.1, -0.05) is 75.9 Å². The van der Waals surface area contributed by atoms with Crippen molar-refractivity contribution >= 4 is 11.6 Å². The summed E-state index contributed by atoms with van der Waals surface area (Å²) in [5, 5.41) is 0. The quantitative estimate of drug-likeness (QED) is 0.296. The molecule has 3 nitrogen and oxygen atoms in total. The van der Waals surface area contributed by atoms with Gasteiger partial charge in [0.05, 0.1) is 12.5 Å². The first-order valence-corrected chi connectivity index (χ1v) is 12.0. The molecule has 0 spiro atoms. The molecule has 0 heterocycles. The van der Waals surface area contributed by atoms with Gasteiger partial charge in [-0.3, -0.25) is 9.59 Å². The minimum Gasteiger partial charge on any atom is -0.494 e. The molecular formula is C28H36O3. The Balaban J connectivity index is 1.53. The molecular weight excluding hydrogens is 384 g/mol. The lowest BCUT2D eigenvalue weighted by Crippen LogP contribution is -2.31. The van der Waals surface area contributed by atoms with Crippen LogP contribution in [0.1, 0.15) is 70.8 Å². The number of ketones is 2. The van der Waals surface area contributed by atoms with E-state index in [1.54, 1.807) is 0 Å². The average Bonchev–Trinajstić information content (AvgIpc) is 2.78. The third kappa shape index (κ3) is 6.78. The highest BCUT2D eigenvalue weighted by Crippen LogP contribution is 2.30. The van der Waals surface area contributed by atoms with Crippen molar-refractivity contribution in [2.24, 2.45) is 11.8 Å². The highest BCUT2D eigenvalue weighted by molar-refractivity contribution is 6.03. The van der Waals surface area contributed by atoms with Gasteiger partial charge in [0, 0.05) is 12.8 Å². The summed E-state index contributed by atoms with van der Waals surface area (Å²) in [7, 11) is 0. The summed E-state index contributed by atoms with van der Waals surface area (Å²) < 4.78 is 5.78. The first kappa shape index (κ1) is 23.2. The minimum atomic E-state index is -0.391. The standard InChI is InChI=1S/C28H36O3/c1-3-5-6-18-31-25-15-13-24(14-16-25)23-11-8-22(9-12-23)20-28(30)26-17-10-21(7-4-2)19-27(26)29/h8-9,11-16,21,26H,3-7,10,17-20H2,1-2H3. The van der Waals surface area contributed by atoms with Crippen LogP contribution in [0.5, 0.6) is 5.75 Å². The highest BCUT2D eigenvalue weighted by atomic mass is 16.5. The van der Waals surface area contributed by atoms with E-state index in [1.165, 1.54) is 12.8 Å². The molecule has 1 aliphatic rings. The van der Waals surface area contributed by atoms with Gasteiger partial charge in [-0.05, 0) is 54.0 Å². The summed E-state index contributed by atoms with van der Waals surface area (Å²) in [6.45, 7) is 5.11. The normalized spacial score (nSPS) is 18.7. The molecule has 31 heavy (non-hydrogen) atoms. The van der Waals surface area contributed by atoms with Gasteiger partial charge in [-0.15, -0.1) is 0 Å². The summed E-state index contributed by atoms with van der Waals surface area (Å²) in [5.41, 5.74) is 3.22. The van der Waals surface area contributed by atoms with Crippen molar-refractivity contribution in [2.75, 3.05) is 6.61 Å². The van der Waals surface area contributed by atoms with Crippen molar-refractivity contribution in [2.45, 2.75) is 71.6 Å². The monoisotopic (exact) mass is 420 g/mol. The van der Waals surface area contributed by atoms with E-state index in [4.69, 9.17) is 4.74 Å². The van der Waals surface area contributed by atoms with Crippen molar-refractivity contribution < 1.29 is 14.3 Å². The van der Waals surface area contributed by atoms with Crippen LogP contribution in [0, 0.1) is 11.8 Å². The maximum absolute atomic E-state index is 12.7. The van der Waals surface area contributed by atoms with E-state index in [0.29, 0.717) is 18.8 Å². The third-order valence-electron chi connectivity index (χ3n) is 6.36. The van der Waals surface area contributed by atoms with Crippen molar-refractivity contribution in [1.82, 2.24) is 0 Å². The van der Waals surface area contributed by atoms with Crippen LogP contribution in [0.25, 0.3) is 11.1 Å². The molecule has 1 saturated carbocycles. The Morgan fingerprint density at radius 3 is 2.19 bits per heavy atom. The van der Waals surface area contributed by atoms with Crippen LogP contribution < -0.4 is 4.74 Å². The van der Waals surface area contributed by atoms with Crippen molar-refractivity contribution in [3.63, 3.8) is 0 Å². The van der Waals surface area contributed by atoms with Crippen LogP contribution in [0.2, 0.25) is 0 Å². The van der Waals surface area contributed by atoms with Crippen LogP contribution in [0.15, 0.2) is 48.5 Å². The topological polar surface area (TPSA) is 43.4 Å². The number of hydrogen-bond donors (Lipinski definition) is 0. The van der Waals surface area contributed by atoms with E-state index < -0.39 is 5.92 Å². The number of rotatable bonds is 11. The lowest BCUT2D eigenvalue weighted by atomic mass is 9.76. The number of unbranched alkanes of at least 4 members (excludes halogenated alkanes) is 2. The Labute approximate surface area is 187 Å². The molecule has 2 aromatic rings. The Morgan fingerprint density at radius 2 is 1.58 bits per heavy atom. The number of carbonyl (C=O) groups is 2. The van der Waals surface area contributed by atoms with Gasteiger partial charge in [0.15, 0.2) is 0 Å². The van der Waals surface area contributed by atoms with E-state index in [9.17, 15) is 9.59 Å². The molecule has 1 aliphatic carbocycles. The fourth-order valence-electron chi connectivity index (χ4n) is 4.51. The average molecular weight is 421 g/mol. The largest absolute Gasteiger partial charge is 0.494 e. The predicted molar refractivity (Wildman–Crippen MR) is 126 cm³/mol. The molecule has 1 fully saturated rings. The molecule has 0 aromatic heterocycles. The molecule has 0 saturated heterocycles. The van der Waals surface area contributed by atoms with Gasteiger partial charge in [0.1, 0.15) is 17.3 Å². The van der Waals surface area contributed by atoms with Gasteiger partial charge in [0.25, 0.3) is 0 Å². The molecule has 0 amide bonds. The molecule has 0 N–H and O–H groups in total. The molecule has 0 aliphatic heterocycles. The summed E-state index contributed by atoms with van der Waals surface area (Å²) in [5.74, 6) is 1.23. The van der Waals surface area contributed by atoms with E-state index in [2.05, 4.69) is 38.1 Å². The molecule has 3 heteroatoms. The molecule has 0 bridgehead atoms. The van der Waals surface area contributed by atoms with Gasteiger partial charge < -0.3 is 4.74 Å². The number of ether oxygens (including phenoxy) is 1. The van der Waals surface area contributed by atoms with Gasteiger partial charge in [-0.25, -0.2) is 0 Å². The number of Topliss-reactive ketones (excluding diaryl/α,β-unsaturated/α-hetero) is 2. The maximum Gasteiger partial charge on any atom is 0.147 e. The zero-order valence-electron chi connectivity index (χ0n) is 19.1. The number of carbonyl (C=O) groups excluding carboxylic acids is 2. The van der Waals surface area contributed by atoms with Gasteiger partial charge in [-0.2, -0.15) is 0 Å². The van der Waals surface area contributed by atoms with Gasteiger partial charge >= 0.3 is 0 Å². The summed E-state index contributed by atoms with van der Waals surface area (Å²) in [4.78, 5) is 25.2. The van der Waals surface area contributed by atoms with E-state index >= 15 is 0 Å². The van der Waals surface area contributed by atoms with E-state index in [1.807, 2.05) is 24.3 Å². The second-order valence-corrected chi connectivity index (χ2v) is 8.88. The Hall–Kier alpha value is -2.42. The van der Waals surface area contributed by atoms with Crippen LogP contribution in [0.4, 0.5) is 0 Å². The molecule has 0 radical (unpaired) electrons. The number of benzene rings is 2. The van der Waals surface area contributed by atoms with Crippen LogP contribution in [0.3, 0.4) is 0 Å². The summed E-state index contributed by atoms with van der Waals surface area (Å²) >= 11 is 0. The Morgan fingerprint density at radius 1 is 0.903 bits per heavy atom. The minimum absolute atomic E-state index is 0.0808. The molecule has 2 aromatic carbocycles. The highest BCUT2D eigenvalue weighted by Gasteiger charge is 2.32. The molecule has 2 atom stereocenters. The smallest absolute Gasteiger partial charge is 0.147 e. The van der Waals surface area contributed by atoms with E-state index in [0.717, 1.165) is 61.2 Å². The fourth-order valence-corrected chi connectivity index (χ4v) is 4.51. The fraction of sp³-hybridized carbons (Fsp3) is 0.500. The third-order valence-corrected chi connectivity index (χ3v) is 6.36. The van der Waals surface area contributed by atoms with Crippen molar-refractivity contribution in [3.8, 4) is 16.9 Å². The SMILES string of the molecule is CCCCCOc1ccc(-c2ccc(CC(=O)C3CCC(CCC)CC3=O)cc2)cc1. The van der Waals surface area contributed by atoms with Gasteiger partial charge in [0.2, 0.25) is 0 Å². The van der Waals surface area contributed by atoms with E-state index in [-0.39, 0.29) is 11.6 Å². The predicted octanol–water partition coefficient (Wildman–Crippen LogP) is 6.82. The summed E-state index contributed by atoms with van der Waals surface area (Å²) in [6.07, 6.45) is 8.35. The lowest BCUT2D eigenvalue weighted by Gasteiger charge is -2.26. The molecule has 166 valence electrons. The molecule has 3 rings (SSSR count). The first-order chi connectivity index (χ1) is 15.1. The zero-order chi connectivity index (χ0) is 22.1. The van der Waals surface area contributed by atoms with Crippen molar-refractivity contribution in [3.05, 3.63) is 54.1 Å². The second-order valence-electron chi connectivity index (χ2n) is 8.88. The lowest BCUT2D eigenvalue weighted by molar-refractivity contribution is -0.135. The Bertz CT molecular complexity index is 836. The second kappa shape index (κ2) is 11.8. The van der Waals surface area contributed by atoms with Crippen LogP contribution in [-0.2, 0) is 16.0 Å². The number of hydrogen-bond acceptors (Lipinski definition) is 3. The molecule has 2 unspecified atom stereocenters. The van der Waals surface area contributed by atoms with Crippen LogP contribution in [-0.4, -0.2) is 18.2 Å². The first-order valence-electron chi connectivity index (χ1n) is 12.0. The Kier molecular flexibility index (Phi) is 8.87. The summed E-state index contributed by atoms with van der Waals surface area (Å²) in [6, 6.07) is 16.3. The van der Waals surface area contributed by atoms with Crippen molar-refractivity contribution in [1.29, 1.82) is 0 Å².